The van der Waals surface area contributed by atoms with E-state index in [2.05, 4.69) is 54.6 Å². The van der Waals surface area contributed by atoms with Crippen molar-refractivity contribution in [3.63, 3.8) is 0 Å². The summed E-state index contributed by atoms with van der Waals surface area (Å²) in [6, 6.07) is 6.87. The number of hydrogen-bond acceptors (Lipinski definition) is 4. The zero-order valence-electron chi connectivity index (χ0n) is 12.6. The number of rotatable bonds is 8. The lowest BCUT2D eigenvalue weighted by molar-refractivity contribution is 0.248. The van der Waals surface area contributed by atoms with Gasteiger partial charge in [0.25, 0.3) is 0 Å². The van der Waals surface area contributed by atoms with Gasteiger partial charge in [-0.3, -0.25) is 4.90 Å². The minimum atomic E-state index is 0.492. The summed E-state index contributed by atoms with van der Waals surface area (Å²) in [5.74, 6) is 1.08. The summed E-state index contributed by atoms with van der Waals surface area (Å²) in [6.45, 7) is 10.3. The molecule has 0 amide bonds. The van der Waals surface area contributed by atoms with Crippen molar-refractivity contribution in [2.24, 2.45) is 0 Å². The van der Waals surface area contributed by atoms with Crippen LogP contribution in [0.3, 0.4) is 0 Å². The minimum absolute atomic E-state index is 0.492. The summed E-state index contributed by atoms with van der Waals surface area (Å²) in [5, 5.41) is 5.58. The minimum Gasteiger partial charge on any atom is -0.468 e. The van der Waals surface area contributed by atoms with E-state index in [1.807, 2.05) is 11.3 Å². The summed E-state index contributed by atoms with van der Waals surface area (Å²) in [7, 11) is 0. The Labute approximate surface area is 125 Å². The number of thiophene rings is 1. The van der Waals surface area contributed by atoms with Crippen LogP contribution in [0.15, 0.2) is 34.3 Å². The van der Waals surface area contributed by atoms with Crippen molar-refractivity contribution in [3.8, 4) is 0 Å². The van der Waals surface area contributed by atoms with E-state index in [-0.39, 0.29) is 0 Å². The molecule has 0 aliphatic rings. The third-order valence-corrected chi connectivity index (χ3v) is 4.17. The van der Waals surface area contributed by atoms with Crippen molar-refractivity contribution < 1.29 is 4.42 Å². The van der Waals surface area contributed by atoms with E-state index < -0.39 is 0 Å². The molecule has 0 unspecified atom stereocenters. The van der Waals surface area contributed by atoms with E-state index in [4.69, 9.17) is 4.42 Å². The van der Waals surface area contributed by atoms with E-state index in [0.717, 1.165) is 31.9 Å². The van der Waals surface area contributed by atoms with E-state index in [1.165, 1.54) is 10.4 Å². The molecule has 2 aromatic heterocycles. The molecule has 0 radical (unpaired) electrons. The quantitative estimate of drug-likeness (QED) is 0.801. The van der Waals surface area contributed by atoms with Gasteiger partial charge < -0.3 is 9.73 Å². The first-order valence-electron chi connectivity index (χ1n) is 7.22. The van der Waals surface area contributed by atoms with Crippen LogP contribution in [-0.2, 0) is 19.6 Å². The van der Waals surface area contributed by atoms with Gasteiger partial charge in [0.05, 0.1) is 12.8 Å². The maximum Gasteiger partial charge on any atom is 0.122 e. The third kappa shape index (κ3) is 4.47. The number of furan rings is 1. The highest BCUT2D eigenvalue weighted by atomic mass is 32.1. The maximum atomic E-state index is 5.67. The summed E-state index contributed by atoms with van der Waals surface area (Å²) >= 11 is 1.81. The van der Waals surface area contributed by atoms with Gasteiger partial charge in [-0.1, -0.05) is 26.8 Å². The highest BCUT2D eigenvalue weighted by Gasteiger charge is 2.12. The number of hydrogen-bond donors (Lipinski definition) is 1. The molecule has 2 rings (SSSR count). The van der Waals surface area contributed by atoms with Gasteiger partial charge in [0.15, 0.2) is 0 Å². The first-order valence-corrected chi connectivity index (χ1v) is 8.10. The second kappa shape index (κ2) is 7.62. The Bertz CT molecular complexity index is 490. The Hall–Kier alpha value is -1.10. The molecule has 3 nitrogen and oxygen atoms in total. The van der Waals surface area contributed by atoms with Crippen LogP contribution in [0.2, 0.25) is 0 Å². The molecular weight excluding hydrogens is 268 g/mol. The predicted octanol–water partition coefficient (Wildman–Crippen LogP) is 3.86. The highest BCUT2D eigenvalue weighted by Crippen LogP contribution is 2.17. The van der Waals surface area contributed by atoms with Crippen molar-refractivity contribution in [3.05, 3.63) is 46.0 Å². The normalized spacial score (nSPS) is 11.7. The second-order valence-electron chi connectivity index (χ2n) is 5.29. The molecular formula is C16H24N2OS. The Balaban J connectivity index is 1.95. The largest absolute Gasteiger partial charge is 0.468 e. The van der Waals surface area contributed by atoms with Gasteiger partial charge in [-0.15, -0.1) is 11.3 Å². The summed E-state index contributed by atoms with van der Waals surface area (Å²) in [6.07, 6.45) is 1.80. The number of nitrogens with one attached hydrogen (secondary N) is 1. The van der Waals surface area contributed by atoms with Gasteiger partial charge >= 0.3 is 0 Å². The van der Waals surface area contributed by atoms with Crippen LogP contribution < -0.4 is 5.32 Å². The first-order chi connectivity index (χ1) is 9.69. The fourth-order valence-corrected chi connectivity index (χ4v) is 2.83. The van der Waals surface area contributed by atoms with E-state index >= 15 is 0 Å². The lowest BCUT2D eigenvalue weighted by atomic mass is 10.2. The van der Waals surface area contributed by atoms with Crippen molar-refractivity contribution in [2.75, 3.05) is 6.54 Å². The first kappa shape index (κ1) is 15.3. The van der Waals surface area contributed by atoms with Crippen molar-refractivity contribution >= 4 is 11.3 Å². The lowest BCUT2D eigenvalue weighted by Crippen LogP contribution is -2.24. The fourth-order valence-electron chi connectivity index (χ4n) is 2.08. The van der Waals surface area contributed by atoms with E-state index in [1.54, 1.807) is 6.26 Å². The molecule has 4 heteroatoms. The van der Waals surface area contributed by atoms with Crippen LogP contribution in [0.1, 0.15) is 37.0 Å². The smallest absolute Gasteiger partial charge is 0.122 e. The molecule has 0 spiro atoms. The van der Waals surface area contributed by atoms with Crippen LogP contribution in [0.25, 0.3) is 0 Å². The van der Waals surface area contributed by atoms with Crippen LogP contribution in [-0.4, -0.2) is 17.5 Å². The average Bonchev–Trinajstić information content (AvgIpc) is 3.07. The van der Waals surface area contributed by atoms with Crippen molar-refractivity contribution in [1.82, 2.24) is 10.2 Å². The van der Waals surface area contributed by atoms with Crippen LogP contribution in [0.5, 0.6) is 0 Å². The average molecular weight is 292 g/mol. The highest BCUT2D eigenvalue weighted by molar-refractivity contribution is 7.09. The van der Waals surface area contributed by atoms with E-state index in [0.29, 0.717) is 6.04 Å². The van der Waals surface area contributed by atoms with Crippen LogP contribution in [0.4, 0.5) is 0 Å². The summed E-state index contributed by atoms with van der Waals surface area (Å²) in [4.78, 5) is 3.81. The van der Waals surface area contributed by atoms with Crippen LogP contribution >= 0.6 is 11.3 Å². The molecule has 1 N–H and O–H groups in total. The predicted molar refractivity (Wildman–Crippen MR) is 84.8 cm³/mol. The molecule has 0 saturated heterocycles. The van der Waals surface area contributed by atoms with Gasteiger partial charge in [0, 0.05) is 29.6 Å². The van der Waals surface area contributed by atoms with Gasteiger partial charge in [0.2, 0.25) is 0 Å². The topological polar surface area (TPSA) is 28.4 Å². The molecule has 2 aromatic rings. The number of nitrogens with zero attached hydrogens (tertiary/aromatic N) is 1. The van der Waals surface area contributed by atoms with Crippen molar-refractivity contribution in [2.45, 2.75) is 46.4 Å². The lowest BCUT2D eigenvalue weighted by Gasteiger charge is -2.19. The van der Waals surface area contributed by atoms with Gasteiger partial charge in [0.1, 0.15) is 5.76 Å². The Kier molecular flexibility index (Phi) is 5.83. The molecule has 110 valence electrons. The maximum absolute atomic E-state index is 5.67. The monoisotopic (exact) mass is 292 g/mol. The molecule has 0 aromatic carbocycles. The fraction of sp³-hybridized carbons (Fsp3) is 0.500. The molecule has 0 fully saturated rings. The SMILES string of the molecule is CCN(Cc1cccs1)Cc1occc1CNC(C)C. The third-order valence-electron chi connectivity index (χ3n) is 3.31. The molecule has 20 heavy (non-hydrogen) atoms. The molecule has 0 aliphatic heterocycles. The summed E-state index contributed by atoms with van der Waals surface area (Å²) < 4.78 is 5.67. The second-order valence-corrected chi connectivity index (χ2v) is 6.32. The van der Waals surface area contributed by atoms with E-state index in [9.17, 15) is 0 Å². The standard InChI is InChI=1S/C16H24N2OS/c1-4-18(11-15-6-5-9-20-15)12-16-14(7-8-19-16)10-17-13(2)3/h5-9,13,17H,4,10-12H2,1-3H3. The van der Waals surface area contributed by atoms with Crippen molar-refractivity contribution in [1.29, 1.82) is 0 Å². The molecule has 2 heterocycles. The molecule has 0 atom stereocenters. The zero-order chi connectivity index (χ0) is 14.4. The molecule has 0 bridgehead atoms. The summed E-state index contributed by atoms with van der Waals surface area (Å²) in [5.41, 5.74) is 1.27. The molecule has 0 saturated carbocycles. The van der Waals surface area contributed by atoms with Gasteiger partial charge in [-0.2, -0.15) is 0 Å². The van der Waals surface area contributed by atoms with Crippen LogP contribution in [0, 0.1) is 0 Å². The van der Waals surface area contributed by atoms with Gasteiger partial charge in [-0.25, -0.2) is 0 Å². The Morgan fingerprint density at radius 2 is 2.15 bits per heavy atom. The Morgan fingerprint density at radius 1 is 1.30 bits per heavy atom. The molecule has 0 aliphatic carbocycles. The van der Waals surface area contributed by atoms with Gasteiger partial charge in [-0.05, 0) is 24.1 Å². The Morgan fingerprint density at radius 3 is 2.80 bits per heavy atom. The zero-order valence-corrected chi connectivity index (χ0v) is 13.4.